The number of hydrogen-bond donors (Lipinski definition) is 0. The average Bonchev–Trinajstić information content (AvgIpc) is 2.59. The highest BCUT2D eigenvalue weighted by atomic mass is 16.5. The predicted octanol–water partition coefficient (Wildman–Crippen LogP) is 1.44. The summed E-state index contributed by atoms with van der Waals surface area (Å²) in [5.41, 5.74) is 2.83. The number of methoxy groups -OCH3 is 1. The molecule has 0 aromatic carbocycles. The van der Waals surface area contributed by atoms with Gasteiger partial charge in [-0.3, -0.25) is 0 Å². The Hall–Kier alpha value is -1.91. The zero-order valence-corrected chi connectivity index (χ0v) is 9.74. The van der Waals surface area contributed by atoms with Crippen molar-refractivity contribution >= 4 is 11.6 Å². The minimum absolute atomic E-state index is 0.380. The second-order valence-corrected chi connectivity index (χ2v) is 3.73. The lowest BCUT2D eigenvalue weighted by atomic mass is 10.1. The lowest BCUT2D eigenvalue weighted by molar-refractivity contribution is 0.0601. The van der Waals surface area contributed by atoms with Crippen LogP contribution in [-0.2, 0) is 4.74 Å². The first kappa shape index (κ1) is 10.6. The molecule has 0 unspecified atom stereocenters. The van der Waals surface area contributed by atoms with Crippen molar-refractivity contribution in [1.82, 2.24) is 14.6 Å². The third kappa shape index (κ3) is 1.44. The molecule has 0 spiro atoms. The maximum Gasteiger partial charge on any atom is 0.341 e. The van der Waals surface area contributed by atoms with Gasteiger partial charge >= 0.3 is 5.97 Å². The van der Waals surface area contributed by atoms with Crippen LogP contribution in [0, 0.1) is 20.8 Å². The molecule has 84 valence electrons. The van der Waals surface area contributed by atoms with Gasteiger partial charge in [-0.2, -0.15) is 5.10 Å². The molecular formula is C11H13N3O2. The molecule has 5 heteroatoms. The van der Waals surface area contributed by atoms with Gasteiger partial charge in [0.05, 0.1) is 7.11 Å². The van der Waals surface area contributed by atoms with Crippen LogP contribution in [0.5, 0.6) is 0 Å². The van der Waals surface area contributed by atoms with E-state index in [-0.39, 0.29) is 5.97 Å². The summed E-state index contributed by atoms with van der Waals surface area (Å²) in [5.74, 6) is 0.258. The zero-order chi connectivity index (χ0) is 11.9. The molecule has 0 amide bonds. The molecule has 0 N–H and O–H groups in total. The van der Waals surface area contributed by atoms with E-state index in [0.717, 1.165) is 11.3 Å². The number of nitrogens with zero attached hydrogens (tertiary/aromatic N) is 3. The van der Waals surface area contributed by atoms with Gasteiger partial charge in [-0.15, -0.1) is 0 Å². The van der Waals surface area contributed by atoms with E-state index in [2.05, 4.69) is 10.1 Å². The molecule has 16 heavy (non-hydrogen) atoms. The highest BCUT2D eigenvalue weighted by molar-refractivity contribution is 5.97. The number of carbonyl (C=O) groups is 1. The largest absolute Gasteiger partial charge is 0.465 e. The second kappa shape index (κ2) is 3.59. The average molecular weight is 219 g/mol. The van der Waals surface area contributed by atoms with Crippen LogP contribution in [0.2, 0.25) is 0 Å². The first-order valence-corrected chi connectivity index (χ1v) is 4.96. The number of ether oxygens (including phenoxy) is 1. The summed E-state index contributed by atoms with van der Waals surface area (Å²) >= 11 is 0. The predicted molar refractivity (Wildman–Crippen MR) is 58.5 cm³/mol. The number of rotatable bonds is 1. The Labute approximate surface area is 93.1 Å². The quantitative estimate of drug-likeness (QED) is 0.681. The first-order valence-electron chi connectivity index (χ1n) is 4.96. The van der Waals surface area contributed by atoms with Crippen molar-refractivity contribution in [3.63, 3.8) is 0 Å². The molecule has 2 heterocycles. The number of aryl methyl sites for hydroxylation is 3. The lowest BCUT2D eigenvalue weighted by Crippen LogP contribution is -2.09. The first-order chi connectivity index (χ1) is 7.54. The number of carbonyl (C=O) groups excluding carboxylic acids is 1. The van der Waals surface area contributed by atoms with Gasteiger partial charge in [0.25, 0.3) is 0 Å². The number of pyridine rings is 1. The molecule has 0 aliphatic carbocycles. The van der Waals surface area contributed by atoms with E-state index >= 15 is 0 Å². The smallest absolute Gasteiger partial charge is 0.341 e. The molecule has 2 aromatic rings. The summed E-state index contributed by atoms with van der Waals surface area (Å²) in [6.45, 7) is 5.58. The molecule has 2 aromatic heterocycles. The standard InChI is InChI=1S/C11H13N3O2/c1-6-5-7(2)14-10(12-8(3)13-14)9(6)11(15)16-4/h5H,1-4H3. The molecule has 2 rings (SSSR count). The van der Waals surface area contributed by atoms with Gasteiger partial charge in [-0.05, 0) is 32.4 Å². The Bertz CT molecular complexity index is 572. The van der Waals surface area contributed by atoms with Crippen LogP contribution >= 0.6 is 0 Å². The molecule has 0 saturated heterocycles. The highest BCUT2D eigenvalue weighted by Crippen LogP contribution is 2.17. The van der Waals surface area contributed by atoms with Crippen LogP contribution in [0.25, 0.3) is 5.65 Å². The van der Waals surface area contributed by atoms with Crippen LogP contribution < -0.4 is 0 Å². The summed E-state index contributed by atoms with van der Waals surface area (Å²) in [6, 6.07) is 1.90. The number of hydrogen-bond acceptors (Lipinski definition) is 4. The molecule has 0 saturated carbocycles. The lowest BCUT2D eigenvalue weighted by Gasteiger charge is -2.07. The monoisotopic (exact) mass is 219 g/mol. The van der Waals surface area contributed by atoms with Gasteiger partial charge in [-0.1, -0.05) is 0 Å². The molecule has 0 aliphatic rings. The Balaban J connectivity index is 2.86. The second-order valence-electron chi connectivity index (χ2n) is 3.73. The van der Waals surface area contributed by atoms with Crippen LogP contribution in [0.15, 0.2) is 6.07 Å². The van der Waals surface area contributed by atoms with Crippen LogP contribution in [-0.4, -0.2) is 27.7 Å². The summed E-state index contributed by atoms with van der Waals surface area (Å²) in [5, 5.41) is 4.23. The minimum Gasteiger partial charge on any atom is -0.465 e. The summed E-state index contributed by atoms with van der Waals surface area (Å²) in [7, 11) is 1.36. The van der Waals surface area contributed by atoms with Gasteiger partial charge in [-0.25, -0.2) is 14.3 Å². The third-order valence-corrected chi connectivity index (χ3v) is 2.48. The fourth-order valence-corrected chi connectivity index (χ4v) is 1.80. The van der Waals surface area contributed by atoms with E-state index in [1.807, 2.05) is 19.9 Å². The van der Waals surface area contributed by atoms with E-state index in [0.29, 0.717) is 17.0 Å². The number of fused-ring (bicyclic) bond motifs is 1. The Morgan fingerprint density at radius 3 is 2.69 bits per heavy atom. The van der Waals surface area contributed by atoms with Crippen molar-refractivity contribution in [1.29, 1.82) is 0 Å². The molecule has 0 aliphatic heterocycles. The fraction of sp³-hybridized carbons (Fsp3) is 0.364. The SMILES string of the molecule is COC(=O)c1c(C)cc(C)n2nc(C)nc12. The van der Waals surface area contributed by atoms with Gasteiger partial charge in [0.15, 0.2) is 5.65 Å². The van der Waals surface area contributed by atoms with E-state index in [9.17, 15) is 4.79 Å². The molecule has 0 atom stereocenters. The van der Waals surface area contributed by atoms with Crippen molar-refractivity contribution in [2.45, 2.75) is 20.8 Å². The van der Waals surface area contributed by atoms with Crippen molar-refractivity contribution in [2.75, 3.05) is 7.11 Å². The molecule has 0 radical (unpaired) electrons. The van der Waals surface area contributed by atoms with Crippen LogP contribution in [0.1, 0.15) is 27.4 Å². The highest BCUT2D eigenvalue weighted by Gasteiger charge is 2.18. The van der Waals surface area contributed by atoms with E-state index in [1.54, 1.807) is 11.4 Å². The number of aromatic nitrogens is 3. The van der Waals surface area contributed by atoms with E-state index in [1.165, 1.54) is 7.11 Å². The van der Waals surface area contributed by atoms with Crippen molar-refractivity contribution in [2.24, 2.45) is 0 Å². The van der Waals surface area contributed by atoms with Gasteiger partial charge < -0.3 is 4.74 Å². The minimum atomic E-state index is -0.380. The Morgan fingerprint density at radius 1 is 1.38 bits per heavy atom. The Kier molecular flexibility index (Phi) is 2.38. The van der Waals surface area contributed by atoms with Crippen molar-refractivity contribution in [3.8, 4) is 0 Å². The molecular weight excluding hydrogens is 206 g/mol. The maximum absolute atomic E-state index is 11.7. The normalized spacial score (nSPS) is 10.8. The van der Waals surface area contributed by atoms with E-state index < -0.39 is 0 Å². The van der Waals surface area contributed by atoms with Gasteiger partial charge in [0.1, 0.15) is 11.4 Å². The van der Waals surface area contributed by atoms with Crippen molar-refractivity contribution in [3.05, 3.63) is 28.7 Å². The zero-order valence-electron chi connectivity index (χ0n) is 9.74. The fourth-order valence-electron chi connectivity index (χ4n) is 1.80. The molecule has 0 bridgehead atoms. The van der Waals surface area contributed by atoms with Gasteiger partial charge in [0.2, 0.25) is 0 Å². The molecule has 5 nitrogen and oxygen atoms in total. The third-order valence-electron chi connectivity index (χ3n) is 2.48. The Morgan fingerprint density at radius 2 is 2.06 bits per heavy atom. The van der Waals surface area contributed by atoms with Crippen LogP contribution in [0.4, 0.5) is 0 Å². The summed E-state index contributed by atoms with van der Waals surface area (Å²) in [4.78, 5) is 15.9. The molecule has 0 fully saturated rings. The van der Waals surface area contributed by atoms with Crippen molar-refractivity contribution < 1.29 is 9.53 Å². The van der Waals surface area contributed by atoms with Crippen LogP contribution in [0.3, 0.4) is 0 Å². The van der Waals surface area contributed by atoms with E-state index in [4.69, 9.17) is 4.74 Å². The number of esters is 1. The summed E-state index contributed by atoms with van der Waals surface area (Å²) in [6.07, 6.45) is 0. The summed E-state index contributed by atoms with van der Waals surface area (Å²) < 4.78 is 6.42. The maximum atomic E-state index is 11.7. The van der Waals surface area contributed by atoms with Gasteiger partial charge in [0, 0.05) is 5.69 Å². The topological polar surface area (TPSA) is 56.5 Å².